The minimum atomic E-state index is 0.117. The molecule has 0 radical (unpaired) electrons. The molecule has 4 heteroatoms. The number of benzene rings is 1. The first-order valence-corrected chi connectivity index (χ1v) is 7.55. The van der Waals surface area contributed by atoms with Gasteiger partial charge in [0.15, 0.2) is 0 Å². The first kappa shape index (κ1) is 13.9. The molecule has 0 aliphatic carbocycles. The third-order valence-corrected chi connectivity index (χ3v) is 3.97. The number of hydrogen-bond acceptors (Lipinski definition) is 2. The van der Waals surface area contributed by atoms with Crippen molar-refractivity contribution in [2.75, 3.05) is 18.4 Å². The first-order valence-electron chi connectivity index (χ1n) is 7.55. The lowest BCUT2D eigenvalue weighted by atomic mass is 9.94. The molecule has 1 aliphatic rings. The summed E-state index contributed by atoms with van der Waals surface area (Å²) >= 11 is 0. The monoisotopic (exact) mass is 283 g/mol. The molecule has 2 heterocycles. The Kier molecular flexibility index (Phi) is 4.36. The number of hydrogen-bond donors (Lipinski definition) is 2. The van der Waals surface area contributed by atoms with Gasteiger partial charge in [-0.1, -0.05) is 6.07 Å². The van der Waals surface area contributed by atoms with Crippen molar-refractivity contribution < 1.29 is 4.79 Å². The van der Waals surface area contributed by atoms with E-state index in [0.717, 1.165) is 37.3 Å². The van der Waals surface area contributed by atoms with E-state index in [2.05, 4.69) is 10.6 Å². The molecule has 0 unspecified atom stereocenters. The van der Waals surface area contributed by atoms with Crippen LogP contribution in [0.15, 0.2) is 48.8 Å². The third-order valence-electron chi connectivity index (χ3n) is 3.97. The maximum Gasteiger partial charge on any atom is 0.224 e. The summed E-state index contributed by atoms with van der Waals surface area (Å²) in [6.45, 7) is 2.06. The van der Waals surface area contributed by atoms with Crippen LogP contribution in [-0.2, 0) is 4.79 Å². The summed E-state index contributed by atoms with van der Waals surface area (Å²) < 4.78 is 2.03. The summed E-state index contributed by atoms with van der Waals surface area (Å²) in [6, 6.07) is 11.9. The number of nitrogens with zero attached hydrogens (tertiary/aromatic N) is 1. The van der Waals surface area contributed by atoms with Crippen LogP contribution in [0.1, 0.15) is 19.3 Å². The van der Waals surface area contributed by atoms with Crippen LogP contribution < -0.4 is 10.6 Å². The number of amides is 1. The lowest BCUT2D eigenvalue weighted by molar-refractivity contribution is -0.117. The molecule has 3 rings (SSSR count). The molecule has 110 valence electrons. The predicted molar refractivity (Wildman–Crippen MR) is 84.6 cm³/mol. The fraction of sp³-hybridized carbons (Fsp3) is 0.353. The molecule has 2 N–H and O–H groups in total. The minimum Gasteiger partial charge on any atom is -0.326 e. The molecule has 1 fully saturated rings. The van der Waals surface area contributed by atoms with E-state index in [1.807, 2.05) is 53.4 Å². The standard InChI is InChI=1S/C17H21N3O/c21-17(12-14-6-8-18-9-7-14)19-15-4-3-5-16(13-15)20-10-1-2-11-20/h1-5,10-11,13-14,18H,6-9,12H2,(H,19,21). The maximum atomic E-state index is 12.1. The lowest BCUT2D eigenvalue weighted by Gasteiger charge is -2.22. The van der Waals surface area contributed by atoms with Crippen molar-refractivity contribution in [1.29, 1.82) is 0 Å². The smallest absolute Gasteiger partial charge is 0.224 e. The molecule has 0 spiro atoms. The summed E-state index contributed by atoms with van der Waals surface area (Å²) in [4.78, 5) is 12.1. The molecule has 21 heavy (non-hydrogen) atoms. The molecule has 2 aromatic rings. The van der Waals surface area contributed by atoms with Crippen LogP contribution >= 0.6 is 0 Å². The van der Waals surface area contributed by atoms with Crippen LogP contribution in [0.2, 0.25) is 0 Å². The summed E-state index contributed by atoms with van der Waals surface area (Å²) in [5, 5.41) is 6.35. The van der Waals surface area contributed by atoms with E-state index in [1.165, 1.54) is 0 Å². The van der Waals surface area contributed by atoms with E-state index in [4.69, 9.17) is 0 Å². The number of rotatable bonds is 4. The zero-order chi connectivity index (χ0) is 14.5. The second-order valence-corrected chi connectivity index (χ2v) is 5.59. The highest BCUT2D eigenvalue weighted by Crippen LogP contribution is 2.19. The molecule has 1 saturated heterocycles. The van der Waals surface area contributed by atoms with Crippen LogP contribution in [0, 0.1) is 5.92 Å². The van der Waals surface area contributed by atoms with Gasteiger partial charge in [0, 0.05) is 30.2 Å². The van der Waals surface area contributed by atoms with Crippen molar-refractivity contribution in [2.24, 2.45) is 5.92 Å². The molecule has 1 aromatic heterocycles. The molecule has 1 aliphatic heterocycles. The Morgan fingerprint density at radius 1 is 1.19 bits per heavy atom. The highest BCUT2D eigenvalue weighted by molar-refractivity contribution is 5.91. The van der Waals surface area contributed by atoms with E-state index in [0.29, 0.717) is 12.3 Å². The van der Waals surface area contributed by atoms with Gasteiger partial charge in [0.1, 0.15) is 0 Å². The van der Waals surface area contributed by atoms with Crippen LogP contribution in [0.25, 0.3) is 5.69 Å². The van der Waals surface area contributed by atoms with Crippen LogP contribution in [-0.4, -0.2) is 23.6 Å². The Morgan fingerprint density at radius 2 is 1.95 bits per heavy atom. The van der Waals surface area contributed by atoms with E-state index >= 15 is 0 Å². The van der Waals surface area contributed by atoms with Crippen molar-refractivity contribution >= 4 is 11.6 Å². The molecule has 4 nitrogen and oxygen atoms in total. The Bertz CT molecular complexity index is 586. The van der Waals surface area contributed by atoms with E-state index in [1.54, 1.807) is 0 Å². The van der Waals surface area contributed by atoms with E-state index in [9.17, 15) is 4.79 Å². The van der Waals surface area contributed by atoms with E-state index < -0.39 is 0 Å². The van der Waals surface area contributed by atoms with Crippen molar-refractivity contribution in [3.05, 3.63) is 48.8 Å². The average Bonchev–Trinajstić information content (AvgIpc) is 3.02. The number of carbonyl (C=O) groups excluding carboxylic acids is 1. The van der Waals surface area contributed by atoms with Gasteiger partial charge in [-0.05, 0) is 62.2 Å². The largest absolute Gasteiger partial charge is 0.326 e. The lowest BCUT2D eigenvalue weighted by Crippen LogP contribution is -2.30. The summed E-state index contributed by atoms with van der Waals surface area (Å²) in [5.41, 5.74) is 1.92. The van der Waals surface area contributed by atoms with Crippen molar-refractivity contribution in [2.45, 2.75) is 19.3 Å². The summed E-state index contributed by atoms with van der Waals surface area (Å²) in [5.74, 6) is 0.630. The molecule has 0 bridgehead atoms. The normalized spacial score (nSPS) is 15.8. The first-order chi connectivity index (χ1) is 10.3. The Morgan fingerprint density at radius 3 is 2.71 bits per heavy atom. The van der Waals surface area contributed by atoms with Gasteiger partial charge in [-0.2, -0.15) is 0 Å². The number of anilines is 1. The predicted octanol–water partition coefficient (Wildman–Crippen LogP) is 2.81. The van der Waals surface area contributed by atoms with Gasteiger partial charge < -0.3 is 15.2 Å². The molecular weight excluding hydrogens is 262 g/mol. The minimum absolute atomic E-state index is 0.117. The van der Waals surface area contributed by atoms with Crippen molar-refractivity contribution in [3.8, 4) is 5.69 Å². The van der Waals surface area contributed by atoms with Gasteiger partial charge in [0.2, 0.25) is 5.91 Å². The Hall–Kier alpha value is -2.07. The van der Waals surface area contributed by atoms with Gasteiger partial charge in [-0.3, -0.25) is 4.79 Å². The van der Waals surface area contributed by atoms with Gasteiger partial charge in [-0.15, -0.1) is 0 Å². The maximum absolute atomic E-state index is 12.1. The average molecular weight is 283 g/mol. The fourth-order valence-electron chi connectivity index (χ4n) is 2.81. The SMILES string of the molecule is O=C(CC1CCNCC1)Nc1cccc(-n2cccc2)c1. The molecule has 0 saturated carbocycles. The fourth-order valence-corrected chi connectivity index (χ4v) is 2.81. The summed E-state index contributed by atoms with van der Waals surface area (Å²) in [6.07, 6.45) is 6.80. The number of nitrogens with one attached hydrogen (secondary N) is 2. The van der Waals surface area contributed by atoms with Crippen LogP contribution in [0.4, 0.5) is 5.69 Å². The van der Waals surface area contributed by atoms with Crippen LogP contribution in [0.5, 0.6) is 0 Å². The second-order valence-electron chi connectivity index (χ2n) is 5.59. The molecular formula is C17H21N3O. The van der Waals surface area contributed by atoms with Gasteiger partial charge in [0.25, 0.3) is 0 Å². The van der Waals surface area contributed by atoms with Gasteiger partial charge in [-0.25, -0.2) is 0 Å². The number of carbonyl (C=O) groups is 1. The molecule has 1 aromatic carbocycles. The van der Waals surface area contributed by atoms with Crippen LogP contribution in [0.3, 0.4) is 0 Å². The topological polar surface area (TPSA) is 46.1 Å². The quantitative estimate of drug-likeness (QED) is 0.906. The highest BCUT2D eigenvalue weighted by atomic mass is 16.1. The number of aromatic nitrogens is 1. The molecule has 1 amide bonds. The van der Waals surface area contributed by atoms with E-state index in [-0.39, 0.29) is 5.91 Å². The van der Waals surface area contributed by atoms with Crippen molar-refractivity contribution in [3.63, 3.8) is 0 Å². The second kappa shape index (κ2) is 6.59. The van der Waals surface area contributed by atoms with Crippen molar-refractivity contribution in [1.82, 2.24) is 9.88 Å². The zero-order valence-corrected chi connectivity index (χ0v) is 12.1. The Balaban J connectivity index is 1.62. The van der Waals surface area contributed by atoms with Gasteiger partial charge in [0.05, 0.1) is 0 Å². The summed E-state index contributed by atoms with van der Waals surface area (Å²) in [7, 11) is 0. The third kappa shape index (κ3) is 3.73. The van der Waals surface area contributed by atoms with Gasteiger partial charge >= 0.3 is 0 Å². The molecule has 0 atom stereocenters. The zero-order valence-electron chi connectivity index (χ0n) is 12.1. The highest BCUT2D eigenvalue weighted by Gasteiger charge is 2.16. The Labute approximate surface area is 125 Å². The number of piperidine rings is 1.